The van der Waals surface area contributed by atoms with Crippen LogP contribution in [0.15, 0.2) is 24.3 Å². The van der Waals surface area contributed by atoms with Crippen molar-refractivity contribution in [3.8, 4) is 5.75 Å². The summed E-state index contributed by atoms with van der Waals surface area (Å²) >= 11 is 0. The van der Waals surface area contributed by atoms with Gasteiger partial charge in [-0.15, -0.1) is 0 Å². The zero-order valence-electron chi connectivity index (χ0n) is 12.6. The van der Waals surface area contributed by atoms with E-state index in [9.17, 15) is 4.79 Å². The third kappa shape index (κ3) is 4.44. The lowest BCUT2D eigenvalue weighted by molar-refractivity contribution is -0.141. The molecule has 1 fully saturated rings. The van der Waals surface area contributed by atoms with E-state index >= 15 is 0 Å². The van der Waals surface area contributed by atoms with Crippen molar-refractivity contribution in [2.75, 3.05) is 19.6 Å². The number of carbonyl (C=O) groups excluding carboxylic acids is 1. The lowest BCUT2D eigenvalue weighted by atomic mass is 10.1. The predicted octanol–water partition coefficient (Wildman–Crippen LogP) is 1.04. The molecule has 0 radical (unpaired) electrons. The molecule has 1 aliphatic heterocycles. The fourth-order valence-corrected chi connectivity index (χ4v) is 2.44. The highest BCUT2D eigenvalue weighted by molar-refractivity contribution is 5.82. The molecule has 5 nitrogen and oxygen atoms in total. The minimum absolute atomic E-state index is 0.0242. The summed E-state index contributed by atoms with van der Waals surface area (Å²) in [6.45, 7) is 3.93. The molecule has 2 rings (SSSR count). The van der Waals surface area contributed by atoms with Crippen LogP contribution < -0.4 is 16.2 Å². The van der Waals surface area contributed by atoms with Gasteiger partial charge in [-0.1, -0.05) is 18.6 Å². The molecule has 1 aromatic rings. The number of rotatable bonds is 7. The van der Waals surface area contributed by atoms with Crippen LogP contribution in [-0.2, 0) is 4.79 Å². The molecule has 1 amide bonds. The first kappa shape index (κ1) is 15.8. The largest absolute Gasteiger partial charge is 0.487 e. The highest BCUT2D eigenvalue weighted by Crippen LogP contribution is 2.20. The Kier molecular flexibility index (Phi) is 5.59. The summed E-state index contributed by atoms with van der Waals surface area (Å²) in [6, 6.07) is 7.54. The van der Waals surface area contributed by atoms with Crippen LogP contribution in [0.1, 0.15) is 24.8 Å². The van der Waals surface area contributed by atoms with Crippen LogP contribution in [0.2, 0.25) is 0 Å². The molecular formula is C16H25N3O2. The Morgan fingerprint density at radius 2 is 2.19 bits per heavy atom. The standard InChI is InChI=1S/C16H25N3O2/c1-12-5-4-6-13(9-12)21-14-10-19(11-14)16(20)15(18)7-2-3-8-17/h4-6,9,14-15H,2-3,7-8,10-11,17-18H2,1H3/t15-/m0/s1. The second-order valence-corrected chi connectivity index (χ2v) is 5.69. The molecule has 1 atom stereocenters. The van der Waals surface area contributed by atoms with Crippen LogP contribution in [0.25, 0.3) is 0 Å². The van der Waals surface area contributed by atoms with Gasteiger partial charge in [-0.3, -0.25) is 4.79 Å². The topological polar surface area (TPSA) is 81.6 Å². The van der Waals surface area contributed by atoms with E-state index in [1.165, 1.54) is 5.56 Å². The number of nitrogens with two attached hydrogens (primary N) is 2. The summed E-state index contributed by atoms with van der Waals surface area (Å²) in [5, 5.41) is 0. The van der Waals surface area contributed by atoms with E-state index in [0.29, 0.717) is 26.1 Å². The van der Waals surface area contributed by atoms with Crippen molar-refractivity contribution in [2.45, 2.75) is 38.3 Å². The van der Waals surface area contributed by atoms with Gasteiger partial charge < -0.3 is 21.1 Å². The Morgan fingerprint density at radius 3 is 2.86 bits per heavy atom. The van der Waals surface area contributed by atoms with Crippen molar-refractivity contribution in [1.82, 2.24) is 4.90 Å². The SMILES string of the molecule is Cc1cccc(OC2CN(C(=O)[C@@H](N)CCCCN)C2)c1. The second kappa shape index (κ2) is 7.43. The number of hydrogen-bond acceptors (Lipinski definition) is 4. The number of hydrogen-bond donors (Lipinski definition) is 2. The molecule has 0 bridgehead atoms. The molecular weight excluding hydrogens is 266 g/mol. The maximum atomic E-state index is 12.1. The monoisotopic (exact) mass is 291 g/mol. The quantitative estimate of drug-likeness (QED) is 0.736. The number of carbonyl (C=O) groups is 1. The molecule has 116 valence electrons. The van der Waals surface area contributed by atoms with Gasteiger partial charge in [-0.25, -0.2) is 0 Å². The van der Waals surface area contributed by atoms with E-state index in [-0.39, 0.29) is 12.0 Å². The maximum absolute atomic E-state index is 12.1. The number of likely N-dealkylation sites (tertiary alicyclic amines) is 1. The third-order valence-corrected chi connectivity index (χ3v) is 3.74. The normalized spacial score (nSPS) is 16.4. The number of unbranched alkanes of at least 4 members (excludes halogenated alkanes) is 1. The van der Waals surface area contributed by atoms with Crippen LogP contribution in [-0.4, -0.2) is 42.6 Å². The van der Waals surface area contributed by atoms with E-state index in [1.54, 1.807) is 4.90 Å². The zero-order chi connectivity index (χ0) is 15.2. The van der Waals surface area contributed by atoms with E-state index in [0.717, 1.165) is 18.6 Å². The predicted molar refractivity (Wildman–Crippen MR) is 83.1 cm³/mol. The lowest BCUT2D eigenvalue weighted by Crippen LogP contribution is -2.59. The van der Waals surface area contributed by atoms with Gasteiger partial charge in [0.25, 0.3) is 0 Å². The van der Waals surface area contributed by atoms with Crippen LogP contribution in [0, 0.1) is 6.92 Å². The first-order valence-corrected chi connectivity index (χ1v) is 7.58. The van der Waals surface area contributed by atoms with Crippen molar-refractivity contribution in [2.24, 2.45) is 11.5 Å². The number of aryl methyl sites for hydroxylation is 1. The highest BCUT2D eigenvalue weighted by atomic mass is 16.5. The number of ether oxygens (including phenoxy) is 1. The Balaban J connectivity index is 1.72. The van der Waals surface area contributed by atoms with Gasteiger partial charge >= 0.3 is 0 Å². The van der Waals surface area contributed by atoms with E-state index in [4.69, 9.17) is 16.2 Å². The molecule has 0 unspecified atom stereocenters. The van der Waals surface area contributed by atoms with Gasteiger partial charge in [0.15, 0.2) is 0 Å². The van der Waals surface area contributed by atoms with Gasteiger partial charge in [-0.2, -0.15) is 0 Å². The first-order chi connectivity index (χ1) is 10.1. The fraction of sp³-hybridized carbons (Fsp3) is 0.562. The second-order valence-electron chi connectivity index (χ2n) is 5.69. The Hall–Kier alpha value is -1.59. The van der Waals surface area contributed by atoms with Crippen LogP contribution in [0.5, 0.6) is 5.75 Å². The van der Waals surface area contributed by atoms with Gasteiger partial charge in [0.2, 0.25) is 5.91 Å². The molecule has 1 aliphatic rings. The average molecular weight is 291 g/mol. The van der Waals surface area contributed by atoms with Crippen molar-refractivity contribution in [3.05, 3.63) is 29.8 Å². The third-order valence-electron chi connectivity index (χ3n) is 3.74. The van der Waals surface area contributed by atoms with Gasteiger partial charge in [-0.05, 0) is 44.0 Å². The Bertz CT molecular complexity index is 472. The summed E-state index contributed by atoms with van der Waals surface area (Å²) in [7, 11) is 0. The summed E-state index contributed by atoms with van der Waals surface area (Å²) < 4.78 is 5.84. The van der Waals surface area contributed by atoms with Gasteiger partial charge in [0, 0.05) is 0 Å². The molecule has 0 saturated carbocycles. The summed E-state index contributed by atoms with van der Waals surface area (Å²) in [5.41, 5.74) is 12.5. The van der Waals surface area contributed by atoms with Crippen LogP contribution in [0.4, 0.5) is 0 Å². The van der Waals surface area contributed by atoms with E-state index in [2.05, 4.69) is 0 Å². The van der Waals surface area contributed by atoms with Crippen LogP contribution in [0.3, 0.4) is 0 Å². The highest BCUT2D eigenvalue weighted by Gasteiger charge is 2.34. The first-order valence-electron chi connectivity index (χ1n) is 7.58. The smallest absolute Gasteiger partial charge is 0.239 e. The van der Waals surface area contributed by atoms with E-state index in [1.807, 2.05) is 31.2 Å². The minimum atomic E-state index is -0.406. The molecule has 1 aromatic carbocycles. The molecule has 0 aliphatic carbocycles. The minimum Gasteiger partial charge on any atom is -0.487 e. The average Bonchev–Trinajstić information content (AvgIpc) is 2.42. The van der Waals surface area contributed by atoms with Crippen molar-refractivity contribution in [1.29, 1.82) is 0 Å². The number of amides is 1. The van der Waals surface area contributed by atoms with E-state index < -0.39 is 6.04 Å². The molecule has 4 N–H and O–H groups in total. The lowest BCUT2D eigenvalue weighted by Gasteiger charge is -2.40. The molecule has 1 saturated heterocycles. The van der Waals surface area contributed by atoms with Crippen molar-refractivity contribution < 1.29 is 9.53 Å². The summed E-state index contributed by atoms with van der Waals surface area (Å²) in [6.07, 6.45) is 2.60. The number of nitrogens with zero attached hydrogens (tertiary/aromatic N) is 1. The molecule has 21 heavy (non-hydrogen) atoms. The zero-order valence-corrected chi connectivity index (χ0v) is 12.6. The summed E-state index contributed by atoms with van der Waals surface area (Å²) in [5.74, 6) is 0.885. The van der Waals surface area contributed by atoms with Crippen molar-refractivity contribution in [3.63, 3.8) is 0 Å². The summed E-state index contributed by atoms with van der Waals surface area (Å²) in [4.78, 5) is 13.9. The van der Waals surface area contributed by atoms with Crippen molar-refractivity contribution >= 4 is 5.91 Å². The van der Waals surface area contributed by atoms with Gasteiger partial charge in [0.05, 0.1) is 19.1 Å². The maximum Gasteiger partial charge on any atom is 0.239 e. The molecule has 5 heteroatoms. The van der Waals surface area contributed by atoms with Gasteiger partial charge in [0.1, 0.15) is 11.9 Å². The molecule has 1 heterocycles. The Morgan fingerprint density at radius 1 is 1.43 bits per heavy atom. The Labute approximate surface area is 126 Å². The fourth-order valence-electron chi connectivity index (χ4n) is 2.44. The van der Waals surface area contributed by atoms with Crippen LogP contribution >= 0.6 is 0 Å². The molecule has 0 aromatic heterocycles. The molecule has 0 spiro atoms. The number of benzene rings is 1.